The Morgan fingerprint density at radius 3 is 2.47 bits per heavy atom. The molecule has 0 heterocycles. The summed E-state index contributed by atoms with van der Waals surface area (Å²) in [6, 6.07) is 0. The van der Waals surface area contributed by atoms with Crippen LogP contribution < -0.4 is 0 Å². The molecule has 3 nitrogen and oxygen atoms in total. The molecule has 2 atom stereocenters. The topological polar surface area (TPSA) is 35.5 Å². The first-order chi connectivity index (χ1) is 7.88. The zero-order chi connectivity index (χ0) is 12.9. The Balaban J connectivity index is 2.25. The molecule has 4 heteroatoms. The highest BCUT2D eigenvalue weighted by molar-refractivity contribution is 7.18. The standard InChI is InChI=1S/C13H25O3P/c1-10(9-15-13(2,3)17)16-12(14)11-7-5-4-6-8-11/h10-11H,4-9,17H2,1-3H3. The Labute approximate surface area is 107 Å². The van der Waals surface area contributed by atoms with Crippen LogP contribution in [0.2, 0.25) is 0 Å². The highest BCUT2D eigenvalue weighted by Crippen LogP contribution is 2.25. The molecule has 0 radical (unpaired) electrons. The lowest BCUT2D eigenvalue weighted by Crippen LogP contribution is -2.29. The van der Waals surface area contributed by atoms with Gasteiger partial charge in [-0.2, -0.15) is 0 Å². The first-order valence-electron chi connectivity index (χ1n) is 6.52. The lowest BCUT2D eigenvalue weighted by Gasteiger charge is -2.25. The van der Waals surface area contributed by atoms with E-state index in [0.717, 1.165) is 25.7 Å². The minimum Gasteiger partial charge on any atom is -0.460 e. The summed E-state index contributed by atoms with van der Waals surface area (Å²) < 4.78 is 11.0. The summed E-state index contributed by atoms with van der Waals surface area (Å²) in [5.41, 5.74) is 0. The van der Waals surface area contributed by atoms with Crippen LogP contribution >= 0.6 is 9.24 Å². The molecule has 17 heavy (non-hydrogen) atoms. The van der Waals surface area contributed by atoms with E-state index in [4.69, 9.17) is 9.47 Å². The van der Waals surface area contributed by atoms with Crippen molar-refractivity contribution in [3.8, 4) is 0 Å². The molecule has 0 aromatic heterocycles. The fourth-order valence-corrected chi connectivity index (χ4v) is 2.10. The minimum absolute atomic E-state index is 0.0395. The van der Waals surface area contributed by atoms with Crippen LogP contribution in [0.3, 0.4) is 0 Å². The van der Waals surface area contributed by atoms with Crippen LogP contribution in [0.4, 0.5) is 0 Å². The van der Waals surface area contributed by atoms with E-state index in [9.17, 15) is 4.79 Å². The van der Waals surface area contributed by atoms with Crippen molar-refractivity contribution in [1.82, 2.24) is 0 Å². The number of ether oxygens (including phenoxy) is 2. The lowest BCUT2D eigenvalue weighted by atomic mass is 9.89. The third-order valence-corrected chi connectivity index (χ3v) is 3.11. The van der Waals surface area contributed by atoms with Crippen LogP contribution in [-0.4, -0.2) is 24.0 Å². The van der Waals surface area contributed by atoms with Gasteiger partial charge >= 0.3 is 5.97 Å². The predicted octanol–water partition coefficient (Wildman–Crippen LogP) is 3.13. The van der Waals surface area contributed by atoms with E-state index >= 15 is 0 Å². The second kappa shape index (κ2) is 6.70. The maximum absolute atomic E-state index is 11.9. The van der Waals surface area contributed by atoms with Gasteiger partial charge < -0.3 is 9.47 Å². The minimum atomic E-state index is -0.258. The van der Waals surface area contributed by atoms with Crippen LogP contribution in [0.1, 0.15) is 52.9 Å². The van der Waals surface area contributed by atoms with Crippen molar-refractivity contribution in [1.29, 1.82) is 0 Å². The molecule has 1 rings (SSSR count). The van der Waals surface area contributed by atoms with Crippen molar-refractivity contribution in [2.75, 3.05) is 6.61 Å². The first kappa shape index (κ1) is 14.9. The van der Waals surface area contributed by atoms with Gasteiger partial charge in [-0.15, -0.1) is 9.24 Å². The van der Waals surface area contributed by atoms with Gasteiger partial charge in [0.1, 0.15) is 6.10 Å². The molecule has 1 aliphatic carbocycles. The van der Waals surface area contributed by atoms with Crippen molar-refractivity contribution in [2.45, 2.75) is 64.3 Å². The fourth-order valence-electron chi connectivity index (χ4n) is 2.00. The molecule has 0 bridgehead atoms. The van der Waals surface area contributed by atoms with Crippen molar-refractivity contribution in [2.24, 2.45) is 5.92 Å². The second-order valence-corrected chi connectivity index (χ2v) is 6.89. The summed E-state index contributed by atoms with van der Waals surface area (Å²) in [6.07, 6.45) is 5.38. The molecule has 0 aromatic rings. The first-order valence-corrected chi connectivity index (χ1v) is 7.09. The van der Waals surface area contributed by atoms with Gasteiger partial charge in [0.15, 0.2) is 0 Å². The summed E-state index contributed by atoms with van der Waals surface area (Å²) >= 11 is 0. The van der Waals surface area contributed by atoms with Gasteiger partial charge in [0.2, 0.25) is 0 Å². The largest absolute Gasteiger partial charge is 0.460 e. The zero-order valence-corrected chi connectivity index (χ0v) is 12.4. The van der Waals surface area contributed by atoms with E-state index in [0.29, 0.717) is 6.61 Å². The molecule has 1 saturated carbocycles. The average molecular weight is 260 g/mol. The average Bonchev–Trinajstić information content (AvgIpc) is 2.27. The normalized spacial score (nSPS) is 20.0. The van der Waals surface area contributed by atoms with Crippen LogP contribution in [-0.2, 0) is 14.3 Å². The van der Waals surface area contributed by atoms with E-state index in [-0.39, 0.29) is 23.3 Å². The number of hydrogen-bond donors (Lipinski definition) is 0. The van der Waals surface area contributed by atoms with E-state index in [1.807, 2.05) is 20.8 Å². The van der Waals surface area contributed by atoms with Crippen molar-refractivity contribution in [3.05, 3.63) is 0 Å². The van der Waals surface area contributed by atoms with Gasteiger partial charge in [0.05, 0.1) is 17.9 Å². The number of rotatable bonds is 5. The van der Waals surface area contributed by atoms with Crippen LogP contribution in [0.25, 0.3) is 0 Å². The van der Waals surface area contributed by atoms with E-state index < -0.39 is 0 Å². The monoisotopic (exact) mass is 260 g/mol. The van der Waals surface area contributed by atoms with E-state index in [1.54, 1.807) is 0 Å². The molecule has 0 amide bonds. The Morgan fingerprint density at radius 1 is 1.35 bits per heavy atom. The summed E-state index contributed by atoms with van der Waals surface area (Å²) in [5.74, 6) is 0.0811. The smallest absolute Gasteiger partial charge is 0.309 e. The highest BCUT2D eigenvalue weighted by atomic mass is 31.0. The molecule has 0 aliphatic heterocycles. The summed E-state index contributed by atoms with van der Waals surface area (Å²) in [4.78, 5) is 11.9. The van der Waals surface area contributed by atoms with E-state index in [2.05, 4.69) is 9.24 Å². The molecule has 0 aromatic carbocycles. The molecule has 0 N–H and O–H groups in total. The highest BCUT2D eigenvalue weighted by Gasteiger charge is 2.24. The third-order valence-electron chi connectivity index (χ3n) is 2.95. The second-order valence-electron chi connectivity index (χ2n) is 5.50. The van der Waals surface area contributed by atoms with E-state index in [1.165, 1.54) is 6.42 Å². The van der Waals surface area contributed by atoms with Crippen molar-refractivity contribution < 1.29 is 14.3 Å². The molecule has 0 saturated heterocycles. The Bertz CT molecular complexity index is 242. The SMILES string of the molecule is CC(COC(C)(C)P)OC(=O)C1CCCCC1. The van der Waals surface area contributed by atoms with Gasteiger partial charge in [0.25, 0.3) is 0 Å². The molecular formula is C13H25O3P. The van der Waals surface area contributed by atoms with Crippen LogP contribution in [0.5, 0.6) is 0 Å². The van der Waals surface area contributed by atoms with Gasteiger partial charge in [0, 0.05) is 0 Å². The molecular weight excluding hydrogens is 235 g/mol. The molecule has 1 aliphatic rings. The van der Waals surface area contributed by atoms with Gasteiger partial charge in [-0.25, -0.2) is 0 Å². The molecule has 1 fully saturated rings. The van der Waals surface area contributed by atoms with Crippen LogP contribution in [0.15, 0.2) is 0 Å². The fraction of sp³-hybridized carbons (Fsp3) is 0.923. The number of carbonyl (C=O) groups excluding carboxylic acids is 1. The summed E-state index contributed by atoms with van der Waals surface area (Å²) in [6.45, 7) is 6.27. The van der Waals surface area contributed by atoms with Gasteiger partial charge in [-0.3, -0.25) is 4.79 Å². The van der Waals surface area contributed by atoms with Gasteiger partial charge in [-0.05, 0) is 33.6 Å². The summed E-state index contributed by atoms with van der Waals surface area (Å²) in [7, 11) is 2.62. The maximum Gasteiger partial charge on any atom is 0.309 e. The quantitative estimate of drug-likeness (QED) is 0.563. The predicted molar refractivity (Wildman–Crippen MR) is 71.9 cm³/mol. The Hall–Kier alpha value is -0.140. The van der Waals surface area contributed by atoms with Crippen molar-refractivity contribution in [3.63, 3.8) is 0 Å². The molecule has 2 unspecified atom stereocenters. The number of esters is 1. The maximum atomic E-state index is 11.9. The van der Waals surface area contributed by atoms with Crippen molar-refractivity contribution >= 4 is 15.2 Å². The lowest BCUT2D eigenvalue weighted by molar-refractivity contribution is -0.158. The Kier molecular flexibility index (Phi) is 5.88. The number of hydrogen-bond acceptors (Lipinski definition) is 3. The number of carbonyl (C=O) groups is 1. The summed E-state index contributed by atoms with van der Waals surface area (Å²) in [5, 5.41) is -0.258. The van der Waals surface area contributed by atoms with Crippen LogP contribution in [0, 0.1) is 5.92 Å². The van der Waals surface area contributed by atoms with Gasteiger partial charge in [-0.1, -0.05) is 19.3 Å². The zero-order valence-electron chi connectivity index (χ0n) is 11.2. The molecule has 100 valence electrons. The Morgan fingerprint density at radius 2 is 1.94 bits per heavy atom. The third kappa shape index (κ3) is 6.38. The molecule has 0 spiro atoms.